The molecule has 1 aromatic rings. The topological polar surface area (TPSA) is 29.3 Å². The molecule has 2 nitrogen and oxygen atoms in total. The van der Waals surface area contributed by atoms with E-state index in [0.29, 0.717) is 11.8 Å². The molecule has 0 saturated carbocycles. The molecule has 2 rings (SSSR count). The molecule has 0 aliphatic carbocycles. The number of anilines is 1. The van der Waals surface area contributed by atoms with Crippen LogP contribution in [0.25, 0.3) is 0 Å². The Morgan fingerprint density at radius 2 is 2.33 bits per heavy atom. The number of thioether (sulfide) groups is 1. The van der Waals surface area contributed by atoms with E-state index in [4.69, 9.17) is 5.73 Å². The molecule has 100 valence electrons. The predicted molar refractivity (Wildman–Crippen MR) is 77.7 cm³/mol. The van der Waals surface area contributed by atoms with Gasteiger partial charge >= 0.3 is 0 Å². The third-order valence-electron chi connectivity index (χ3n) is 4.10. The van der Waals surface area contributed by atoms with Gasteiger partial charge in [-0.25, -0.2) is 4.39 Å². The molecule has 0 spiro atoms. The minimum Gasteiger partial charge on any atom is -0.366 e. The van der Waals surface area contributed by atoms with Crippen molar-refractivity contribution in [3.8, 4) is 0 Å². The molecule has 18 heavy (non-hydrogen) atoms. The molecule has 1 heterocycles. The number of nitrogens with zero attached hydrogens (tertiary/aromatic N) is 1. The van der Waals surface area contributed by atoms with Gasteiger partial charge in [-0.15, -0.1) is 0 Å². The van der Waals surface area contributed by atoms with Crippen LogP contribution < -0.4 is 10.6 Å². The molecule has 1 saturated heterocycles. The average molecular weight is 268 g/mol. The molecule has 2 N–H and O–H groups in total. The van der Waals surface area contributed by atoms with Crippen LogP contribution in [0.15, 0.2) is 24.3 Å². The summed E-state index contributed by atoms with van der Waals surface area (Å²) in [6.07, 6.45) is 2.25. The third kappa shape index (κ3) is 2.36. The predicted octanol–water partition coefficient (Wildman–Crippen LogP) is 2.87. The van der Waals surface area contributed by atoms with Crippen LogP contribution in [0.1, 0.15) is 19.8 Å². The van der Waals surface area contributed by atoms with E-state index >= 15 is 0 Å². The highest BCUT2D eigenvalue weighted by Crippen LogP contribution is 2.39. The van der Waals surface area contributed by atoms with Crippen LogP contribution in [0.2, 0.25) is 0 Å². The number of halogens is 1. The van der Waals surface area contributed by atoms with Gasteiger partial charge < -0.3 is 10.6 Å². The molecule has 1 aliphatic heterocycles. The molecular weight excluding hydrogens is 247 g/mol. The van der Waals surface area contributed by atoms with E-state index in [1.54, 1.807) is 12.1 Å². The highest BCUT2D eigenvalue weighted by atomic mass is 32.2. The Hall–Kier alpha value is -0.740. The zero-order chi connectivity index (χ0) is 13.2. The maximum absolute atomic E-state index is 13.4. The first kappa shape index (κ1) is 13.7. The second-order valence-electron chi connectivity index (χ2n) is 4.96. The van der Waals surface area contributed by atoms with Crippen molar-refractivity contribution in [1.29, 1.82) is 0 Å². The first-order valence-electron chi connectivity index (χ1n) is 6.41. The third-order valence-corrected chi connectivity index (χ3v) is 5.56. The number of hydrogen-bond acceptors (Lipinski definition) is 3. The van der Waals surface area contributed by atoms with Gasteiger partial charge in [0, 0.05) is 24.5 Å². The van der Waals surface area contributed by atoms with Crippen LogP contribution >= 0.6 is 11.8 Å². The van der Waals surface area contributed by atoms with Gasteiger partial charge in [0.25, 0.3) is 0 Å². The molecule has 0 bridgehead atoms. The summed E-state index contributed by atoms with van der Waals surface area (Å²) >= 11 is 1.96. The van der Waals surface area contributed by atoms with E-state index in [2.05, 4.69) is 11.8 Å². The van der Waals surface area contributed by atoms with Gasteiger partial charge in [-0.3, -0.25) is 0 Å². The summed E-state index contributed by atoms with van der Waals surface area (Å²) in [5.41, 5.74) is 6.91. The van der Waals surface area contributed by atoms with Gasteiger partial charge in [0.1, 0.15) is 5.82 Å². The van der Waals surface area contributed by atoms with Gasteiger partial charge in [0.05, 0.1) is 5.54 Å². The standard InChI is InChI=1S/C14H21FN2S/c1-11-14(10-16,7-4-8-18-11)17(2)13-6-3-5-12(15)9-13/h3,5-6,9,11H,4,7-8,10,16H2,1-2H3. The molecule has 1 aliphatic rings. The fourth-order valence-electron chi connectivity index (χ4n) is 2.78. The van der Waals surface area contributed by atoms with Crippen LogP contribution in [-0.4, -0.2) is 30.1 Å². The monoisotopic (exact) mass is 268 g/mol. The fraction of sp³-hybridized carbons (Fsp3) is 0.571. The largest absolute Gasteiger partial charge is 0.366 e. The van der Waals surface area contributed by atoms with Crippen molar-refractivity contribution in [3.05, 3.63) is 30.1 Å². The van der Waals surface area contributed by atoms with E-state index in [9.17, 15) is 4.39 Å². The molecular formula is C14H21FN2S. The van der Waals surface area contributed by atoms with Gasteiger partial charge in [-0.05, 0) is 36.8 Å². The zero-order valence-corrected chi connectivity index (χ0v) is 11.8. The molecule has 4 heteroatoms. The van der Waals surface area contributed by atoms with Gasteiger partial charge in [-0.1, -0.05) is 13.0 Å². The van der Waals surface area contributed by atoms with Gasteiger partial charge in [-0.2, -0.15) is 11.8 Å². The maximum atomic E-state index is 13.4. The van der Waals surface area contributed by atoms with Crippen LogP contribution in [-0.2, 0) is 0 Å². The van der Waals surface area contributed by atoms with E-state index < -0.39 is 0 Å². The molecule has 2 atom stereocenters. The van der Waals surface area contributed by atoms with Crippen molar-refractivity contribution >= 4 is 17.4 Å². The van der Waals surface area contributed by atoms with Crippen molar-refractivity contribution in [2.75, 3.05) is 24.2 Å². The number of likely N-dealkylation sites (N-methyl/N-ethyl adjacent to an activating group) is 1. The summed E-state index contributed by atoms with van der Waals surface area (Å²) in [5, 5.41) is 0.463. The normalized spacial score (nSPS) is 28.1. The second kappa shape index (κ2) is 5.49. The molecule has 0 aromatic heterocycles. The minimum atomic E-state index is -0.192. The Balaban J connectivity index is 2.31. The summed E-state index contributed by atoms with van der Waals surface area (Å²) in [5.74, 6) is 1.00. The van der Waals surface area contributed by atoms with E-state index in [1.165, 1.54) is 18.2 Å². The lowest BCUT2D eigenvalue weighted by Gasteiger charge is -2.49. The summed E-state index contributed by atoms with van der Waals surface area (Å²) in [7, 11) is 2.03. The Kier molecular flexibility index (Phi) is 4.17. The van der Waals surface area contributed by atoms with E-state index in [0.717, 1.165) is 12.1 Å². The first-order valence-corrected chi connectivity index (χ1v) is 7.46. The van der Waals surface area contributed by atoms with Crippen LogP contribution in [0.4, 0.5) is 10.1 Å². The van der Waals surface area contributed by atoms with Crippen molar-refractivity contribution in [3.63, 3.8) is 0 Å². The summed E-state index contributed by atoms with van der Waals surface area (Å²) < 4.78 is 13.4. The molecule has 1 fully saturated rings. The number of nitrogens with two attached hydrogens (primary N) is 1. The summed E-state index contributed by atoms with van der Waals surface area (Å²) in [6, 6.07) is 6.77. The molecule has 0 radical (unpaired) electrons. The first-order chi connectivity index (χ1) is 8.60. The van der Waals surface area contributed by atoms with Crippen LogP contribution in [0.3, 0.4) is 0 Å². The molecule has 0 amide bonds. The lowest BCUT2D eigenvalue weighted by Crippen LogP contribution is -2.59. The van der Waals surface area contributed by atoms with Crippen LogP contribution in [0.5, 0.6) is 0 Å². The number of hydrogen-bond donors (Lipinski definition) is 1. The number of benzene rings is 1. The Bertz CT molecular complexity index is 413. The summed E-state index contributed by atoms with van der Waals surface area (Å²) in [6.45, 7) is 2.83. The fourth-order valence-corrected chi connectivity index (χ4v) is 4.13. The Labute approximate surface area is 113 Å². The van der Waals surface area contributed by atoms with Crippen molar-refractivity contribution in [2.24, 2.45) is 5.73 Å². The maximum Gasteiger partial charge on any atom is 0.125 e. The smallest absolute Gasteiger partial charge is 0.125 e. The second-order valence-corrected chi connectivity index (χ2v) is 6.41. The Morgan fingerprint density at radius 3 is 2.94 bits per heavy atom. The highest BCUT2D eigenvalue weighted by molar-refractivity contribution is 8.00. The number of rotatable bonds is 3. The van der Waals surface area contributed by atoms with E-state index in [-0.39, 0.29) is 11.4 Å². The summed E-state index contributed by atoms with van der Waals surface area (Å²) in [4.78, 5) is 2.17. The van der Waals surface area contributed by atoms with Gasteiger partial charge in [0.15, 0.2) is 0 Å². The molecule has 1 aromatic carbocycles. The Morgan fingerprint density at radius 1 is 1.56 bits per heavy atom. The molecule has 2 unspecified atom stereocenters. The zero-order valence-electron chi connectivity index (χ0n) is 11.0. The van der Waals surface area contributed by atoms with Crippen molar-refractivity contribution in [1.82, 2.24) is 0 Å². The van der Waals surface area contributed by atoms with Gasteiger partial charge in [0.2, 0.25) is 0 Å². The quantitative estimate of drug-likeness (QED) is 0.914. The SMILES string of the molecule is CC1SCCCC1(CN)N(C)c1cccc(F)c1. The average Bonchev–Trinajstić information content (AvgIpc) is 2.39. The highest BCUT2D eigenvalue weighted by Gasteiger charge is 2.41. The van der Waals surface area contributed by atoms with Crippen molar-refractivity contribution in [2.45, 2.75) is 30.6 Å². The minimum absolute atomic E-state index is 0.0588. The van der Waals surface area contributed by atoms with Crippen molar-refractivity contribution < 1.29 is 4.39 Å². The lowest BCUT2D eigenvalue weighted by atomic mass is 9.87. The van der Waals surface area contributed by atoms with Crippen LogP contribution in [0, 0.1) is 5.82 Å². The lowest BCUT2D eigenvalue weighted by molar-refractivity contribution is 0.367. The van der Waals surface area contributed by atoms with E-state index in [1.807, 2.05) is 24.9 Å².